The lowest BCUT2D eigenvalue weighted by molar-refractivity contribution is 0.284. The van der Waals surface area contributed by atoms with Gasteiger partial charge < -0.3 is 14.8 Å². The topological polar surface area (TPSA) is 43.4 Å². The van der Waals surface area contributed by atoms with Crippen LogP contribution in [0.25, 0.3) is 0 Å². The number of methoxy groups -OCH3 is 1. The molecular formula is C22H22Cl2N2O2. The van der Waals surface area contributed by atoms with Crippen molar-refractivity contribution in [2.45, 2.75) is 19.6 Å². The highest BCUT2D eigenvalue weighted by molar-refractivity contribution is 6.35. The summed E-state index contributed by atoms with van der Waals surface area (Å²) in [6, 6.07) is 15.3. The number of nitrogens with one attached hydrogen (secondary N) is 1. The third-order valence-electron chi connectivity index (χ3n) is 4.27. The van der Waals surface area contributed by atoms with E-state index in [4.69, 9.17) is 32.7 Å². The Morgan fingerprint density at radius 3 is 2.64 bits per heavy atom. The predicted octanol–water partition coefficient (Wildman–Crippen LogP) is 5.31. The van der Waals surface area contributed by atoms with Crippen LogP contribution < -0.4 is 14.8 Å². The Kier molecular flexibility index (Phi) is 7.54. The summed E-state index contributed by atoms with van der Waals surface area (Å²) < 4.78 is 11.4. The lowest BCUT2D eigenvalue weighted by atomic mass is 10.2. The van der Waals surface area contributed by atoms with E-state index in [-0.39, 0.29) is 0 Å². The molecule has 0 fully saturated rings. The van der Waals surface area contributed by atoms with Crippen molar-refractivity contribution in [2.24, 2.45) is 0 Å². The quantitative estimate of drug-likeness (QED) is 0.480. The van der Waals surface area contributed by atoms with Crippen molar-refractivity contribution in [1.82, 2.24) is 10.3 Å². The Morgan fingerprint density at radius 2 is 1.89 bits per heavy atom. The standard InChI is InChI=1S/C22H22Cl2N2O2/c1-27-22-11-17(14-26-10-8-16-3-2-9-25-13-16)4-7-21(22)28-15-18-5-6-19(23)12-20(18)24/h2-7,9,11-13,26H,8,10,14-15H2,1H3. The van der Waals surface area contributed by atoms with Gasteiger partial charge in [-0.25, -0.2) is 0 Å². The van der Waals surface area contributed by atoms with Crippen molar-refractivity contribution in [1.29, 1.82) is 0 Å². The second-order valence-corrected chi connectivity index (χ2v) is 7.14. The second kappa shape index (κ2) is 10.3. The van der Waals surface area contributed by atoms with E-state index in [1.807, 2.05) is 36.5 Å². The summed E-state index contributed by atoms with van der Waals surface area (Å²) >= 11 is 12.1. The Balaban J connectivity index is 1.54. The van der Waals surface area contributed by atoms with E-state index in [0.29, 0.717) is 28.2 Å². The fraction of sp³-hybridized carbons (Fsp3) is 0.227. The molecule has 1 aromatic heterocycles. The summed E-state index contributed by atoms with van der Waals surface area (Å²) in [7, 11) is 1.64. The average Bonchev–Trinajstić information content (AvgIpc) is 2.72. The molecule has 0 aliphatic heterocycles. The highest BCUT2D eigenvalue weighted by Crippen LogP contribution is 2.30. The van der Waals surface area contributed by atoms with Crippen molar-refractivity contribution >= 4 is 23.2 Å². The summed E-state index contributed by atoms with van der Waals surface area (Å²) in [6.45, 7) is 1.97. The minimum atomic E-state index is 0.342. The number of hydrogen-bond donors (Lipinski definition) is 1. The number of pyridine rings is 1. The zero-order chi connectivity index (χ0) is 19.8. The maximum Gasteiger partial charge on any atom is 0.161 e. The number of rotatable bonds is 9. The van der Waals surface area contributed by atoms with Gasteiger partial charge >= 0.3 is 0 Å². The smallest absolute Gasteiger partial charge is 0.161 e. The zero-order valence-corrected chi connectivity index (χ0v) is 17.1. The third kappa shape index (κ3) is 5.86. The average molecular weight is 417 g/mol. The van der Waals surface area contributed by atoms with Crippen LogP contribution in [-0.4, -0.2) is 18.6 Å². The normalized spacial score (nSPS) is 10.7. The van der Waals surface area contributed by atoms with Crippen LogP contribution in [0.15, 0.2) is 60.9 Å². The maximum absolute atomic E-state index is 6.20. The van der Waals surface area contributed by atoms with Gasteiger partial charge in [0.1, 0.15) is 6.61 Å². The van der Waals surface area contributed by atoms with Crippen LogP contribution in [0, 0.1) is 0 Å². The largest absolute Gasteiger partial charge is 0.493 e. The molecule has 3 aromatic rings. The van der Waals surface area contributed by atoms with Crippen LogP contribution in [0.4, 0.5) is 0 Å². The molecule has 1 heterocycles. The van der Waals surface area contributed by atoms with Gasteiger partial charge in [-0.05, 0) is 54.4 Å². The molecule has 0 radical (unpaired) electrons. The van der Waals surface area contributed by atoms with Crippen molar-refractivity contribution in [3.05, 3.63) is 87.7 Å². The SMILES string of the molecule is COc1cc(CNCCc2cccnc2)ccc1OCc1ccc(Cl)cc1Cl. The molecule has 0 aliphatic carbocycles. The first-order valence-corrected chi connectivity index (χ1v) is 9.74. The van der Waals surface area contributed by atoms with E-state index in [1.165, 1.54) is 5.56 Å². The molecular weight excluding hydrogens is 395 g/mol. The lowest BCUT2D eigenvalue weighted by Gasteiger charge is -2.13. The molecule has 0 unspecified atom stereocenters. The molecule has 1 N–H and O–H groups in total. The highest BCUT2D eigenvalue weighted by atomic mass is 35.5. The van der Waals surface area contributed by atoms with Gasteiger partial charge in [-0.15, -0.1) is 0 Å². The lowest BCUT2D eigenvalue weighted by Crippen LogP contribution is -2.16. The fourth-order valence-electron chi connectivity index (χ4n) is 2.75. The number of hydrogen-bond acceptors (Lipinski definition) is 4. The third-order valence-corrected chi connectivity index (χ3v) is 4.86. The molecule has 0 amide bonds. The van der Waals surface area contributed by atoms with Crippen LogP contribution in [0.5, 0.6) is 11.5 Å². The van der Waals surface area contributed by atoms with Crippen LogP contribution >= 0.6 is 23.2 Å². The van der Waals surface area contributed by atoms with Crippen LogP contribution in [-0.2, 0) is 19.6 Å². The number of ether oxygens (including phenoxy) is 2. The van der Waals surface area contributed by atoms with Gasteiger partial charge in [-0.1, -0.05) is 41.4 Å². The van der Waals surface area contributed by atoms with Crippen LogP contribution in [0.2, 0.25) is 10.0 Å². The molecule has 0 bridgehead atoms. The molecule has 6 heteroatoms. The second-order valence-electron chi connectivity index (χ2n) is 6.30. The molecule has 2 aromatic carbocycles. The molecule has 0 spiro atoms. The first-order valence-electron chi connectivity index (χ1n) is 8.99. The molecule has 0 atom stereocenters. The van der Waals surface area contributed by atoms with E-state index in [2.05, 4.69) is 16.4 Å². The van der Waals surface area contributed by atoms with E-state index >= 15 is 0 Å². The predicted molar refractivity (Wildman–Crippen MR) is 113 cm³/mol. The number of halogens is 2. The van der Waals surface area contributed by atoms with Gasteiger partial charge in [0.25, 0.3) is 0 Å². The molecule has 28 heavy (non-hydrogen) atoms. The van der Waals surface area contributed by atoms with E-state index in [0.717, 1.165) is 30.6 Å². The Labute approximate surface area is 175 Å². The number of nitrogens with zero attached hydrogens (tertiary/aromatic N) is 1. The summed E-state index contributed by atoms with van der Waals surface area (Å²) in [4.78, 5) is 4.13. The van der Waals surface area contributed by atoms with Crippen LogP contribution in [0.3, 0.4) is 0 Å². The summed E-state index contributed by atoms with van der Waals surface area (Å²) in [5, 5.41) is 4.63. The van der Waals surface area contributed by atoms with Gasteiger partial charge in [-0.2, -0.15) is 0 Å². The number of aromatic nitrogens is 1. The molecule has 0 aliphatic rings. The van der Waals surface area contributed by atoms with Gasteiger partial charge in [-0.3, -0.25) is 4.98 Å². The van der Waals surface area contributed by atoms with Gasteiger partial charge in [0.15, 0.2) is 11.5 Å². The zero-order valence-electron chi connectivity index (χ0n) is 15.6. The minimum absolute atomic E-state index is 0.342. The van der Waals surface area contributed by atoms with Gasteiger partial charge in [0.05, 0.1) is 7.11 Å². The first-order chi connectivity index (χ1) is 13.7. The molecule has 3 rings (SSSR count). The van der Waals surface area contributed by atoms with E-state index < -0.39 is 0 Å². The Bertz CT molecular complexity index is 904. The monoisotopic (exact) mass is 416 g/mol. The Morgan fingerprint density at radius 1 is 1.00 bits per heavy atom. The van der Waals surface area contributed by atoms with Gasteiger partial charge in [0, 0.05) is 34.5 Å². The molecule has 146 valence electrons. The van der Waals surface area contributed by atoms with Gasteiger partial charge in [0.2, 0.25) is 0 Å². The van der Waals surface area contributed by atoms with Crippen molar-refractivity contribution < 1.29 is 9.47 Å². The van der Waals surface area contributed by atoms with Crippen molar-refractivity contribution in [3.63, 3.8) is 0 Å². The summed E-state index contributed by atoms with van der Waals surface area (Å²) in [5.41, 5.74) is 3.21. The van der Waals surface area contributed by atoms with Crippen LogP contribution in [0.1, 0.15) is 16.7 Å². The maximum atomic E-state index is 6.20. The Hall–Kier alpha value is -2.27. The minimum Gasteiger partial charge on any atom is -0.493 e. The summed E-state index contributed by atoms with van der Waals surface area (Å²) in [6.07, 6.45) is 4.62. The molecule has 0 saturated carbocycles. The first kappa shape index (κ1) is 20.5. The van der Waals surface area contributed by atoms with E-state index in [1.54, 1.807) is 25.4 Å². The summed E-state index contributed by atoms with van der Waals surface area (Å²) in [5.74, 6) is 1.37. The van der Waals surface area contributed by atoms with Crippen molar-refractivity contribution in [2.75, 3.05) is 13.7 Å². The molecule has 4 nitrogen and oxygen atoms in total. The van der Waals surface area contributed by atoms with E-state index in [9.17, 15) is 0 Å². The molecule has 0 saturated heterocycles. The highest BCUT2D eigenvalue weighted by Gasteiger charge is 2.08. The fourth-order valence-corrected chi connectivity index (χ4v) is 3.21. The number of benzene rings is 2. The van der Waals surface area contributed by atoms with Crippen molar-refractivity contribution in [3.8, 4) is 11.5 Å².